The Kier molecular flexibility index (Phi) is 4.87. The predicted molar refractivity (Wildman–Crippen MR) is 84.3 cm³/mol. The van der Waals surface area contributed by atoms with E-state index in [1.54, 1.807) is 6.07 Å². The third kappa shape index (κ3) is 3.57. The van der Waals surface area contributed by atoms with Crippen LogP contribution < -0.4 is 10.1 Å². The minimum atomic E-state index is -0.842. The van der Waals surface area contributed by atoms with Crippen LogP contribution in [0.1, 0.15) is 25.7 Å². The summed E-state index contributed by atoms with van der Waals surface area (Å²) in [6, 6.07) is 5.33. The van der Waals surface area contributed by atoms with E-state index in [1.165, 1.54) is 18.2 Å². The number of nitrogens with zero attached hydrogens (tertiary/aromatic N) is 1. The van der Waals surface area contributed by atoms with Crippen molar-refractivity contribution in [2.24, 2.45) is 0 Å². The van der Waals surface area contributed by atoms with Crippen LogP contribution in [0.2, 0.25) is 0 Å². The summed E-state index contributed by atoms with van der Waals surface area (Å²) in [4.78, 5) is 37.1. The highest BCUT2D eigenvalue weighted by Crippen LogP contribution is 2.34. The molecule has 1 aromatic rings. The summed E-state index contributed by atoms with van der Waals surface area (Å²) in [5.74, 6) is -1.52. The molecule has 1 N–H and O–H groups in total. The molecule has 3 rings (SSSR count). The van der Waals surface area contributed by atoms with Crippen LogP contribution in [0.4, 0.5) is 9.18 Å². The second kappa shape index (κ2) is 7.08. The molecule has 1 aromatic carbocycles. The molecule has 0 radical (unpaired) electrons. The lowest BCUT2D eigenvalue weighted by Gasteiger charge is -2.19. The molecule has 1 saturated carbocycles. The molecule has 3 amide bonds. The number of hydrogen-bond donors (Lipinski definition) is 1. The molecule has 25 heavy (non-hydrogen) atoms. The van der Waals surface area contributed by atoms with Crippen molar-refractivity contribution in [2.45, 2.75) is 31.2 Å². The van der Waals surface area contributed by atoms with Gasteiger partial charge in [0, 0.05) is 0 Å². The number of hydrogen-bond acceptors (Lipinski definition) is 5. The molecule has 1 heterocycles. The van der Waals surface area contributed by atoms with Gasteiger partial charge in [-0.15, -0.1) is 0 Å². The van der Waals surface area contributed by atoms with Crippen molar-refractivity contribution in [3.63, 3.8) is 0 Å². The maximum Gasteiger partial charge on any atom is 0.326 e. The van der Waals surface area contributed by atoms with Gasteiger partial charge in [-0.25, -0.2) is 9.18 Å². The van der Waals surface area contributed by atoms with E-state index in [9.17, 15) is 18.8 Å². The lowest BCUT2D eigenvalue weighted by atomic mass is 9.98. The Morgan fingerprint density at radius 2 is 1.92 bits per heavy atom. The van der Waals surface area contributed by atoms with Gasteiger partial charge in [-0.3, -0.25) is 14.5 Å². The molecule has 1 aliphatic heterocycles. The maximum absolute atomic E-state index is 13.4. The first-order chi connectivity index (χ1) is 12.0. The van der Waals surface area contributed by atoms with Crippen LogP contribution in [-0.2, 0) is 14.3 Å². The average Bonchev–Trinajstić information content (AvgIpc) is 3.14. The smallest absolute Gasteiger partial charge is 0.326 e. The number of carbonyl (C=O) groups is 3. The molecule has 2 fully saturated rings. The van der Waals surface area contributed by atoms with Gasteiger partial charge in [-0.1, -0.05) is 25.0 Å². The van der Waals surface area contributed by atoms with Gasteiger partial charge in [0.1, 0.15) is 25.3 Å². The monoisotopic (exact) mass is 350 g/mol. The van der Waals surface area contributed by atoms with Gasteiger partial charge in [0.2, 0.25) is 0 Å². The number of nitrogens with one attached hydrogen (secondary N) is 1. The molecular formula is C17H19FN2O5. The van der Waals surface area contributed by atoms with Crippen molar-refractivity contribution in [1.29, 1.82) is 0 Å². The fourth-order valence-electron chi connectivity index (χ4n) is 3.18. The van der Waals surface area contributed by atoms with Crippen molar-refractivity contribution in [3.8, 4) is 5.75 Å². The molecule has 0 atom stereocenters. The second-order valence-corrected chi connectivity index (χ2v) is 6.11. The van der Waals surface area contributed by atoms with Gasteiger partial charge >= 0.3 is 12.0 Å². The first-order valence-electron chi connectivity index (χ1n) is 8.19. The van der Waals surface area contributed by atoms with Crippen molar-refractivity contribution in [3.05, 3.63) is 30.1 Å². The highest BCUT2D eigenvalue weighted by atomic mass is 19.1. The number of para-hydroxylation sites is 1. The zero-order chi connectivity index (χ0) is 17.9. The topological polar surface area (TPSA) is 84.9 Å². The van der Waals surface area contributed by atoms with Gasteiger partial charge < -0.3 is 14.8 Å². The first-order valence-corrected chi connectivity index (χ1v) is 8.19. The number of imide groups is 1. The first kappa shape index (κ1) is 17.2. The van der Waals surface area contributed by atoms with E-state index >= 15 is 0 Å². The van der Waals surface area contributed by atoms with E-state index < -0.39 is 29.9 Å². The Labute approximate surface area is 144 Å². The normalized spacial score (nSPS) is 18.5. The third-order valence-electron chi connectivity index (χ3n) is 4.43. The van der Waals surface area contributed by atoms with Crippen molar-refractivity contribution in [1.82, 2.24) is 10.2 Å². The van der Waals surface area contributed by atoms with E-state index in [2.05, 4.69) is 5.32 Å². The summed E-state index contributed by atoms with van der Waals surface area (Å²) in [6.45, 7) is -0.579. The van der Waals surface area contributed by atoms with Crippen LogP contribution in [0.5, 0.6) is 5.75 Å². The summed E-state index contributed by atoms with van der Waals surface area (Å²) in [6.07, 6.45) is 2.94. The number of amides is 3. The van der Waals surface area contributed by atoms with E-state index in [0.717, 1.165) is 17.7 Å². The van der Waals surface area contributed by atoms with E-state index in [-0.39, 0.29) is 24.9 Å². The van der Waals surface area contributed by atoms with Crippen molar-refractivity contribution in [2.75, 3.05) is 19.8 Å². The van der Waals surface area contributed by atoms with Gasteiger partial charge in [-0.2, -0.15) is 0 Å². The zero-order valence-electron chi connectivity index (χ0n) is 13.6. The molecule has 7 nitrogen and oxygen atoms in total. The largest absolute Gasteiger partial charge is 0.487 e. The third-order valence-corrected chi connectivity index (χ3v) is 4.43. The standard InChI is InChI=1S/C17H19FN2O5/c18-12-5-1-2-6-13(12)24-9-10-25-14(21)11-20-15(22)17(19-16(20)23)7-3-4-8-17/h1-2,5-6H,3-4,7-11H2,(H,19,23). The summed E-state index contributed by atoms with van der Waals surface area (Å²) < 4.78 is 23.5. The van der Waals surface area contributed by atoms with E-state index in [0.29, 0.717) is 12.8 Å². The molecule has 0 bridgehead atoms. The van der Waals surface area contributed by atoms with Crippen LogP contribution in [0, 0.1) is 5.82 Å². The van der Waals surface area contributed by atoms with Crippen LogP contribution in [0.25, 0.3) is 0 Å². The predicted octanol–water partition coefficient (Wildman–Crippen LogP) is 1.61. The Hall–Kier alpha value is -2.64. The molecule has 2 aliphatic rings. The molecule has 1 saturated heterocycles. The molecular weight excluding hydrogens is 331 g/mol. The number of benzene rings is 1. The number of carbonyl (C=O) groups excluding carboxylic acids is 3. The summed E-state index contributed by atoms with van der Waals surface area (Å²) in [5, 5.41) is 2.69. The van der Waals surface area contributed by atoms with Gasteiger partial charge in [0.05, 0.1) is 0 Å². The van der Waals surface area contributed by atoms with Gasteiger partial charge in [0.25, 0.3) is 5.91 Å². The second-order valence-electron chi connectivity index (χ2n) is 6.11. The van der Waals surface area contributed by atoms with Crippen molar-refractivity contribution < 1.29 is 28.2 Å². The fraction of sp³-hybridized carbons (Fsp3) is 0.471. The SMILES string of the molecule is O=C(CN1C(=O)NC2(CCCC2)C1=O)OCCOc1ccccc1F. The highest BCUT2D eigenvalue weighted by Gasteiger charge is 2.52. The molecule has 134 valence electrons. The quantitative estimate of drug-likeness (QED) is 0.479. The van der Waals surface area contributed by atoms with Crippen LogP contribution in [-0.4, -0.2) is 48.1 Å². The molecule has 0 aromatic heterocycles. The number of rotatable bonds is 6. The minimum Gasteiger partial charge on any atom is -0.487 e. The number of halogens is 1. The summed E-state index contributed by atoms with van der Waals surface area (Å²) in [7, 11) is 0. The Balaban J connectivity index is 1.44. The van der Waals surface area contributed by atoms with E-state index in [4.69, 9.17) is 9.47 Å². The summed E-state index contributed by atoms with van der Waals surface area (Å²) >= 11 is 0. The Morgan fingerprint density at radius 1 is 1.20 bits per heavy atom. The maximum atomic E-state index is 13.4. The average molecular weight is 350 g/mol. The van der Waals surface area contributed by atoms with Crippen LogP contribution in [0.15, 0.2) is 24.3 Å². The van der Waals surface area contributed by atoms with Crippen molar-refractivity contribution >= 4 is 17.9 Å². The number of ether oxygens (including phenoxy) is 2. The van der Waals surface area contributed by atoms with E-state index in [1.807, 2.05) is 0 Å². The number of urea groups is 1. The minimum absolute atomic E-state index is 0.0310. The lowest BCUT2D eigenvalue weighted by molar-refractivity contribution is -0.148. The van der Waals surface area contributed by atoms with Gasteiger partial charge in [0.15, 0.2) is 11.6 Å². The fourth-order valence-corrected chi connectivity index (χ4v) is 3.18. The summed E-state index contributed by atoms with van der Waals surface area (Å²) in [5.41, 5.74) is -0.842. The molecule has 8 heteroatoms. The highest BCUT2D eigenvalue weighted by molar-refractivity contribution is 6.08. The Bertz CT molecular complexity index is 687. The molecule has 0 unspecified atom stereocenters. The lowest BCUT2D eigenvalue weighted by Crippen LogP contribution is -2.44. The molecule has 1 aliphatic carbocycles. The molecule has 1 spiro atoms. The van der Waals surface area contributed by atoms with Crippen LogP contribution in [0.3, 0.4) is 0 Å². The van der Waals surface area contributed by atoms with Gasteiger partial charge in [-0.05, 0) is 25.0 Å². The zero-order valence-corrected chi connectivity index (χ0v) is 13.6. The Morgan fingerprint density at radius 3 is 2.64 bits per heavy atom. The van der Waals surface area contributed by atoms with Crippen LogP contribution >= 0.6 is 0 Å². The number of esters is 1.